The van der Waals surface area contributed by atoms with Crippen molar-refractivity contribution in [3.8, 4) is 5.75 Å². The summed E-state index contributed by atoms with van der Waals surface area (Å²) >= 11 is 0. The van der Waals surface area contributed by atoms with Crippen molar-refractivity contribution < 1.29 is 19.1 Å². The van der Waals surface area contributed by atoms with E-state index in [-0.39, 0.29) is 12.3 Å². The monoisotopic (exact) mass is 279 g/mol. The molecule has 5 nitrogen and oxygen atoms in total. The molecule has 0 radical (unpaired) electrons. The van der Waals surface area contributed by atoms with Crippen LogP contribution in [-0.4, -0.2) is 31.1 Å². The van der Waals surface area contributed by atoms with Gasteiger partial charge in [0.1, 0.15) is 11.3 Å². The lowest BCUT2D eigenvalue weighted by atomic mass is 10.0. The molecule has 110 valence electrons. The summed E-state index contributed by atoms with van der Waals surface area (Å²) in [5, 5.41) is 2.65. The third kappa shape index (κ3) is 4.57. The van der Waals surface area contributed by atoms with Crippen LogP contribution in [0.25, 0.3) is 0 Å². The van der Waals surface area contributed by atoms with Crippen LogP contribution in [0.1, 0.15) is 26.3 Å². The Labute approximate surface area is 119 Å². The van der Waals surface area contributed by atoms with Crippen LogP contribution in [0.15, 0.2) is 24.3 Å². The van der Waals surface area contributed by atoms with Gasteiger partial charge in [0.25, 0.3) is 0 Å². The van der Waals surface area contributed by atoms with Gasteiger partial charge in [-0.05, 0) is 38.5 Å². The molecule has 1 N–H and O–H groups in total. The molecule has 0 bridgehead atoms. The number of methoxy groups -OCH3 is 1. The normalized spacial score (nSPS) is 10.8. The van der Waals surface area contributed by atoms with E-state index in [9.17, 15) is 9.59 Å². The highest BCUT2D eigenvalue weighted by Crippen LogP contribution is 2.13. The highest BCUT2D eigenvalue weighted by molar-refractivity contribution is 5.88. The molecule has 1 aromatic rings. The van der Waals surface area contributed by atoms with Gasteiger partial charge in [0.05, 0.1) is 20.1 Å². The van der Waals surface area contributed by atoms with Gasteiger partial charge in [-0.15, -0.1) is 0 Å². The Bertz CT molecular complexity index is 465. The molecule has 0 spiro atoms. The van der Waals surface area contributed by atoms with Crippen LogP contribution >= 0.6 is 0 Å². The van der Waals surface area contributed by atoms with E-state index in [4.69, 9.17) is 4.74 Å². The average Bonchev–Trinajstić information content (AvgIpc) is 2.39. The quantitative estimate of drug-likeness (QED) is 0.805. The van der Waals surface area contributed by atoms with Crippen molar-refractivity contribution >= 4 is 11.9 Å². The molecule has 0 heterocycles. The number of carbonyl (C=O) groups excluding carboxylic acids is 2. The third-order valence-electron chi connectivity index (χ3n) is 2.75. The fourth-order valence-corrected chi connectivity index (χ4v) is 1.75. The van der Waals surface area contributed by atoms with E-state index in [1.165, 1.54) is 7.11 Å². The number of carbonyl (C=O) groups is 2. The van der Waals surface area contributed by atoms with Crippen molar-refractivity contribution in [2.75, 3.05) is 13.7 Å². The summed E-state index contributed by atoms with van der Waals surface area (Å²) in [5.41, 5.74) is -0.177. The standard InChI is InChI=1S/C15H21NO4/c1-5-20-12-8-6-11(7-9-12)10-13(17)16-15(2,3)14(18)19-4/h6-9H,5,10H2,1-4H3,(H,16,17). The summed E-state index contributed by atoms with van der Waals surface area (Å²) in [7, 11) is 1.29. The minimum Gasteiger partial charge on any atom is -0.494 e. The Balaban J connectivity index is 2.60. The van der Waals surface area contributed by atoms with Gasteiger partial charge < -0.3 is 14.8 Å². The van der Waals surface area contributed by atoms with Gasteiger partial charge in [-0.3, -0.25) is 4.79 Å². The van der Waals surface area contributed by atoms with Crippen molar-refractivity contribution in [3.63, 3.8) is 0 Å². The predicted octanol–water partition coefficient (Wildman–Crippen LogP) is 1.70. The first-order chi connectivity index (χ1) is 9.39. The average molecular weight is 279 g/mol. The highest BCUT2D eigenvalue weighted by atomic mass is 16.5. The highest BCUT2D eigenvalue weighted by Gasteiger charge is 2.30. The molecule has 0 saturated heterocycles. The maximum absolute atomic E-state index is 11.9. The minimum absolute atomic E-state index is 0.201. The lowest BCUT2D eigenvalue weighted by Gasteiger charge is -2.23. The Morgan fingerprint density at radius 3 is 2.30 bits per heavy atom. The van der Waals surface area contributed by atoms with Crippen molar-refractivity contribution in [1.29, 1.82) is 0 Å². The van der Waals surface area contributed by atoms with Gasteiger partial charge in [-0.25, -0.2) is 4.79 Å². The molecule has 0 atom stereocenters. The molecular formula is C15H21NO4. The topological polar surface area (TPSA) is 64.6 Å². The van der Waals surface area contributed by atoms with Gasteiger partial charge >= 0.3 is 5.97 Å². The van der Waals surface area contributed by atoms with Gasteiger partial charge in [-0.2, -0.15) is 0 Å². The molecule has 0 saturated carbocycles. The third-order valence-corrected chi connectivity index (χ3v) is 2.75. The Morgan fingerprint density at radius 1 is 1.20 bits per heavy atom. The molecule has 5 heteroatoms. The number of amides is 1. The van der Waals surface area contributed by atoms with Crippen LogP contribution in [0.2, 0.25) is 0 Å². The maximum Gasteiger partial charge on any atom is 0.330 e. The molecular weight excluding hydrogens is 258 g/mol. The van der Waals surface area contributed by atoms with Crippen molar-refractivity contribution in [2.24, 2.45) is 0 Å². The van der Waals surface area contributed by atoms with Crippen molar-refractivity contribution in [2.45, 2.75) is 32.7 Å². The second-order valence-corrected chi connectivity index (χ2v) is 4.92. The fourth-order valence-electron chi connectivity index (χ4n) is 1.75. The lowest BCUT2D eigenvalue weighted by molar-refractivity contribution is -0.149. The van der Waals surface area contributed by atoms with E-state index in [0.717, 1.165) is 11.3 Å². The first-order valence-electron chi connectivity index (χ1n) is 6.50. The van der Waals surface area contributed by atoms with Gasteiger partial charge in [0.2, 0.25) is 5.91 Å². The van der Waals surface area contributed by atoms with E-state index < -0.39 is 11.5 Å². The second-order valence-electron chi connectivity index (χ2n) is 4.92. The number of nitrogens with one attached hydrogen (secondary N) is 1. The molecule has 0 fully saturated rings. The predicted molar refractivity (Wildman–Crippen MR) is 75.6 cm³/mol. The molecule has 0 aliphatic heterocycles. The van der Waals surface area contributed by atoms with Crippen LogP contribution in [0.4, 0.5) is 0 Å². The number of benzene rings is 1. The zero-order valence-corrected chi connectivity index (χ0v) is 12.4. The smallest absolute Gasteiger partial charge is 0.330 e. The number of esters is 1. The Morgan fingerprint density at radius 2 is 1.80 bits per heavy atom. The van der Waals surface area contributed by atoms with Crippen LogP contribution < -0.4 is 10.1 Å². The Kier molecular flexibility index (Phi) is 5.55. The zero-order chi connectivity index (χ0) is 15.2. The Hall–Kier alpha value is -2.04. The number of hydrogen-bond donors (Lipinski definition) is 1. The molecule has 1 aromatic carbocycles. The molecule has 0 aliphatic carbocycles. The fraction of sp³-hybridized carbons (Fsp3) is 0.467. The number of rotatable bonds is 6. The summed E-state index contributed by atoms with van der Waals surface area (Å²) in [6.45, 7) is 5.73. The van der Waals surface area contributed by atoms with Gasteiger partial charge in [-0.1, -0.05) is 12.1 Å². The first-order valence-corrected chi connectivity index (χ1v) is 6.50. The lowest BCUT2D eigenvalue weighted by Crippen LogP contribution is -2.50. The molecule has 0 aromatic heterocycles. The van der Waals surface area contributed by atoms with Crippen LogP contribution in [0, 0.1) is 0 Å². The SMILES string of the molecule is CCOc1ccc(CC(=O)NC(C)(C)C(=O)OC)cc1. The largest absolute Gasteiger partial charge is 0.494 e. The van der Waals surface area contributed by atoms with Crippen molar-refractivity contribution in [1.82, 2.24) is 5.32 Å². The maximum atomic E-state index is 11.9. The van der Waals surface area contributed by atoms with E-state index in [2.05, 4.69) is 10.1 Å². The van der Waals surface area contributed by atoms with Gasteiger partial charge in [0, 0.05) is 0 Å². The molecule has 20 heavy (non-hydrogen) atoms. The summed E-state index contributed by atoms with van der Waals surface area (Å²) < 4.78 is 9.97. The van der Waals surface area contributed by atoms with E-state index in [1.54, 1.807) is 13.8 Å². The van der Waals surface area contributed by atoms with E-state index in [1.807, 2.05) is 31.2 Å². The van der Waals surface area contributed by atoms with Gasteiger partial charge in [0.15, 0.2) is 0 Å². The van der Waals surface area contributed by atoms with E-state index in [0.29, 0.717) is 6.61 Å². The molecule has 0 unspecified atom stereocenters. The summed E-state index contributed by atoms with van der Waals surface area (Å²) in [6, 6.07) is 7.29. The first kappa shape index (κ1) is 16.0. The van der Waals surface area contributed by atoms with Crippen molar-refractivity contribution in [3.05, 3.63) is 29.8 Å². The molecule has 1 amide bonds. The number of hydrogen-bond acceptors (Lipinski definition) is 4. The van der Waals surface area contributed by atoms with Crippen LogP contribution in [-0.2, 0) is 20.7 Å². The van der Waals surface area contributed by atoms with E-state index >= 15 is 0 Å². The molecule has 0 aliphatic rings. The summed E-state index contributed by atoms with van der Waals surface area (Å²) in [5.74, 6) is 0.0636. The molecule has 1 rings (SSSR count). The summed E-state index contributed by atoms with van der Waals surface area (Å²) in [4.78, 5) is 23.4. The van der Waals surface area contributed by atoms with Crippen LogP contribution in [0.5, 0.6) is 5.75 Å². The van der Waals surface area contributed by atoms with Crippen LogP contribution in [0.3, 0.4) is 0 Å². The summed E-state index contributed by atoms with van der Waals surface area (Å²) in [6.07, 6.45) is 0.201. The zero-order valence-electron chi connectivity index (χ0n) is 12.4. The number of ether oxygens (including phenoxy) is 2. The minimum atomic E-state index is -1.03. The second kappa shape index (κ2) is 6.93.